The van der Waals surface area contributed by atoms with Crippen LogP contribution in [0.5, 0.6) is 0 Å². The molecule has 6 nitrogen and oxygen atoms in total. The third kappa shape index (κ3) is 3.31. The van der Waals surface area contributed by atoms with Gasteiger partial charge in [0.05, 0.1) is 6.61 Å². The first-order chi connectivity index (χ1) is 9.20. The maximum atomic E-state index is 12.0. The summed E-state index contributed by atoms with van der Waals surface area (Å²) in [5.41, 5.74) is 0.893. The average Bonchev–Trinajstić information content (AvgIpc) is 2.84. The van der Waals surface area contributed by atoms with Crippen molar-refractivity contribution in [2.24, 2.45) is 0 Å². The molecule has 2 aromatic rings. The van der Waals surface area contributed by atoms with Crippen molar-refractivity contribution in [2.45, 2.75) is 19.4 Å². The number of nitrogens with one attached hydrogen (secondary N) is 1. The van der Waals surface area contributed by atoms with E-state index in [1.807, 2.05) is 30.3 Å². The first-order valence-corrected chi connectivity index (χ1v) is 6.01. The Bertz CT molecular complexity index is 588. The third-order valence-corrected chi connectivity index (χ3v) is 2.63. The lowest BCUT2D eigenvalue weighted by atomic mass is 10.1. The summed E-state index contributed by atoms with van der Waals surface area (Å²) in [5, 5.41) is 11.0. The van der Waals surface area contributed by atoms with Crippen molar-refractivity contribution in [3.8, 4) is 0 Å². The maximum Gasteiger partial charge on any atom is 0.375 e. The number of benzene rings is 1. The summed E-state index contributed by atoms with van der Waals surface area (Å²) in [6.07, 6.45) is 1.81. The Hall–Kier alpha value is -2.37. The van der Waals surface area contributed by atoms with E-state index in [1.165, 1.54) is 10.9 Å². The molecule has 100 valence electrons. The maximum absolute atomic E-state index is 12.0. The van der Waals surface area contributed by atoms with Crippen molar-refractivity contribution in [3.05, 3.63) is 47.6 Å². The zero-order valence-electron chi connectivity index (χ0n) is 10.6. The molecule has 0 saturated carbocycles. The van der Waals surface area contributed by atoms with Crippen LogP contribution >= 0.6 is 0 Å². The van der Waals surface area contributed by atoms with Gasteiger partial charge in [-0.1, -0.05) is 30.3 Å². The van der Waals surface area contributed by atoms with E-state index in [1.54, 1.807) is 6.92 Å². The zero-order valence-corrected chi connectivity index (χ0v) is 10.6. The quantitative estimate of drug-likeness (QED) is 0.622. The van der Waals surface area contributed by atoms with E-state index in [4.69, 9.17) is 10.1 Å². The van der Waals surface area contributed by atoms with Gasteiger partial charge in [0.25, 0.3) is 11.6 Å². The molecule has 0 saturated heterocycles. The molecule has 1 aromatic carbocycles. The van der Waals surface area contributed by atoms with Crippen molar-refractivity contribution in [1.29, 1.82) is 5.41 Å². The number of ether oxygens (including phenoxy) is 1. The van der Waals surface area contributed by atoms with E-state index in [9.17, 15) is 4.79 Å². The second kappa shape index (κ2) is 5.99. The van der Waals surface area contributed by atoms with Crippen LogP contribution in [0.3, 0.4) is 0 Å². The van der Waals surface area contributed by atoms with Gasteiger partial charge in [-0.15, -0.1) is 0 Å². The van der Waals surface area contributed by atoms with Crippen LogP contribution in [0.25, 0.3) is 0 Å². The van der Waals surface area contributed by atoms with Gasteiger partial charge in [-0.05, 0) is 12.5 Å². The van der Waals surface area contributed by atoms with Gasteiger partial charge in [0.2, 0.25) is 6.20 Å². The molecule has 1 unspecified atom stereocenters. The molecule has 1 atom stereocenters. The second-order valence-electron chi connectivity index (χ2n) is 4.00. The monoisotopic (exact) mass is 261 g/mol. The van der Waals surface area contributed by atoms with Gasteiger partial charge in [-0.25, -0.2) is 9.48 Å². The summed E-state index contributed by atoms with van der Waals surface area (Å²) in [6, 6.07) is 8.95. The lowest BCUT2D eigenvalue weighted by Crippen LogP contribution is -2.48. The molecular weight excluding hydrogens is 246 g/mol. The predicted octanol–water partition coefficient (Wildman–Crippen LogP) is 0.351. The Balaban J connectivity index is 2.24. The Morgan fingerprint density at radius 1 is 1.47 bits per heavy atom. The molecule has 0 aliphatic carbocycles. The number of carbonyl (C=O) groups excluding carboxylic acids is 1. The summed E-state index contributed by atoms with van der Waals surface area (Å²) in [6.45, 7) is 2.05. The summed E-state index contributed by atoms with van der Waals surface area (Å²) in [7, 11) is 0. The van der Waals surface area contributed by atoms with E-state index in [0.717, 1.165) is 5.56 Å². The number of rotatable bonds is 5. The van der Waals surface area contributed by atoms with Crippen LogP contribution in [-0.2, 0) is 16.0 Å². The molecule has 0 amide bonds. The SMILES string of the molecule is CCOC(=O)C(Cc1ccccc1)[n+]1cc(=N)o[n-]1. The minimum atomic E-state index is -0.620. The number of hydrogen-bond acceptors (Lipinski definition) is 4. The molecule has 2 rings (SSSR count). The fourth-order valence-corrected chi connectivity index (χ4v) is 1.77. The highest BCUT2D eigenvalue weighted by atomic mass is 16.5. The Morgan fingerprint density at radius 3 is 2.79 bits per heavy atom. The van der Waals surface area contributed by atoms with Gasteiger partial charge in [-0.2, -0.15) is 0 Å². The molecule has 0 fully saturated rings. The molecule has 19 heavy (non-hydrogen) atoms. The number of carbonyl (C=O) groups is 1. The summed E-state index contributed by atoms with van der Waals surface area (Å²) >= 11 is 0. The molecule has 0 radical (unpaired) electrons. The van der Waals surface area contributed by atoms with E-state index >= 15 is 0 Å². The molecule has 1 aromatic heterocycles. The van der Waals surface area contributed by atoms with Gasteiger partial charge < -0.3 is 9.26 Å². The predicted molar refractivity (Wildman–Crippen MR) is 63.9 cm³/mol. The van der Waals surface area contributed by atoms with Crippen molar-refractivity contribution in [3.63, 3.8) is 0 Å². The smallest absolute Gasteiger partial charge is 0.375 e. The summed E-state index contributed by atoms with van der Waals surface area (Å²) in [4.78, 5) is 12.0. The lowest BCUT2D eigenvalue weighted by Gasteiger charge is -2.12. The van der Waals surface area contributed by atoms with E-state index in [0.29, 0.717) is 13.0 Å². The largest absolute Gasteiger partial charge is 0.487 e. The highest BCUT2D eigenvalue weighted by Crippen LogP contribution is 2.09. The molecule has 0 bridgehead atoms. The molecular formula is C13H15N3O3. The van der Waals surface area contributed by atoms with Crippen molar-refractivity contribution in [1.82, 2.24) is 5.27 Å². The van der Waals surface area contributed by atoms with Crippen molar-refractivity contribution < 1.29 is 18.7 Å². The number of esters is 1. The molecule has 0 spiro atoms. The highest BCUT2D eigenvalue weighted by molar-refractivity contribution is 5.72. The molecule has 1 N–H and O–H groups in total. The van der Waals surface area contributed by atoms with Gasteiger partial charge in [0, 0.05) is 6.42 Å². The van der Waals surface area contributed by atoms with Crippen LogP contribution < -0.4 is 15.5 Å². The molecule has 1 heterocycles. The average molecular weight is 261 g/mol. The van der Waals surface area contributed by atoms with Crippen LogP contribution in [-0.4, -0.2) is 12.6 Å². The number of hydrogen-bond donors (Lipinski definition) is 1. The van der Waals surface area contributed by atoms with Crippen LogP contribution in [0.1, 0.15) is 18.5 Å². The Morgan fingerprint density at radius 2 is 2.21 bits per heavy atom. The van der Waals surface area contributed by atoms with Gasteiger partial charge in [-0.3, -0.25) is 10.7 Å². The third-order valence-electron chi connectivity index (χ3n) is 2.63. The fourth-order valence-electron chi connectivity index (χ4n) is 1.77. The molecule has 0 aliphatic heterocycles. The van der Waals surface area contributed by atoms with Crippen LogP contribution in [0.15, 0.2) is 41.1 Å². The topological polar surface area (TPSA) is 81.3 Å². The molecule has 6 heteroatoms. The van der Waals surface area contributed by atoms with Gasteiger partial charge >= 0.3 is 5.97 Å². The van der Waals surface area contributed by atoms with Crippen LogP contribution in [0.2, 0.25) is 0 Å². The van der Waals surface area contributed by atoms with E-state index in [-0.39, 0.29) is 11.5 Å². The first kappa shape index (κ1) is 13.1. The van der Waals surface area contributed by atoms with E-state index in [2.05, 4.69) is 9.79 Å². The van der Waals surface area contributed by atoms with Crippen LogP contribution in [0.4, 0.5) is 0 Å². The van der Waals surface area contributed by atoms with Crippen molar-refractivity contribution >= 4 is 5.97 Å². The standard InChI is InChI=1S/C13H15N3O3/c1-2-18-13(17)11(16-9-12(14)19-15-16)8-10-6-4-3-5-7-10/h3-7,9,11,14H,2,8H2,1H3. The van der Waals surface area contributed by atoms with Crippen molar-refractivity contribution in [2.75, 3.05) is 6.61 Å². The van der Waals surface area contributed by atoms with Gasteiger partial charge in [0.15, 0.2) is 0 Å². The second-order valence-corrected chi connectivity index (χ2v) is 4.00. The zero-order chi connectivity index (χ0) is 13.7. The normalized spacial score (nSPS) is 12.1. The number of aromatic nitrogens is 2. The summed E-state index contributed by atoms with van der Waals surface area (Å²) in [5.74, 6) is -0.385. The summed E-state index contributed by atoms with van der Waals surface area (Å²) < 4.78 is 11.0. The Kier molecular flexibility index (Phi) is 4.12. The van der Waals surface area contributed by atoms with E-state index < -0.39 is 6.04 Å². The number of nitrogens with zero attached hydrogens (tertiary/aromatic N) is 2. The first-order valence-electron chi connectivity index (χ1n) is 6.01. The van der Waals surface area contributed by atoms with Gasteiger partial charge in [0.1, 0.15) is 0 Å². The Labute approximate surface area is 110 Å². The van der Waals surface area contributed by atoms with Crippen LogP contribution in [0, 0.1) is 5.41 Å². The highest BCUT2D eigenvalue weighted by Gasteiger charge is 2.27. The fraction of sp³-hybridized carbons (Fsp3) is 0.308. The minimum absolute atomic E-state index is 0.0950. The minimum Gasteiger partial charge on any atom is -0.487 e. The molecule has 0 aliphatic rings. The lowest BCUT2D eigenvalue weighted by molar-refractivity contribution is -0.779.